The summed E-state index contributed by atoms with van der Waals surface area (Å²) in [5.41, 5.74) is 0.476. The molecule has 0 aromatic carbocycles. The Bertz CT molecular complexity index is 316. The zero-order chi connectivity index (χ0) is 15.1. The fourth-order valence-electron chi connectivity index (χ4n) is 2.32. The molecule has 0 saturated heterocycles. The molecule has 0 aliphatic rings. The molecular weight excluding hydrogens is 272 g/mol. The number of nitrogens with one attached hydrogen (secondary N) is 1. The Labute approximate surface area is 131 Å². The third-order valence-electron chi connectivity index (χ3n) is 3.90. The third kappa shape index (κ3) is 8.60. The van der Waals surface area contributed by atoms with Crippen LogP contribution in [0.5, 0.6) is 0 Å². The number of quaternary nitrogens is 1. The molecule has 20 heavy (non-hydrogen) atoms. The van der Waals surface area contributed by atoms with Gasteiger partial charge < -0.3 is 22.2 Å². The quantitative estimate of drug-likeness (QED) is 0.476. The summed E-state index contributed by atoms with van der Waals surface area (Å²) >= 11 is 0. The summed E-state index contributed by atoms with van der Waals surface area (Å²) in [6.07, 6.45) is 4.32. The van der Waals surface area contributed by atoms with E-state index in [0.29, 0.717) is 5.57 Å². The maximum Gasteiger partial charge on any atom is 0.246 e. The van der Waals surface area contributed by atoms with Gasteiger partial charge in [-0.3, -0.25) is 4.79 Å². The molecule has 1 unspecified atom stereocenters. The van der Waals surface area contributed by atoms with Gasteiger partial charge in [-0.15, -0.1) is 0 Å². The number of hydrogen-bond acceptors (Lipinski definition) is 1. The highest BCUT2D eigenvalue weighted by atomic mass is 35.5. The Kier molecular flexibility index (Phi) is 10.2. The van der Waals surface area contributed by atoms with Crippen molar-refractivity contribution in [2.45, 2.75) is 58.9 Å². The Morgan fingerprint density at radius 1 is 1.25 bits per heavy atom. The minimum Gasteiger partial charge on any atom is -1.00 e. The summed E-state index contributed by atoms with van der Waals surface area (Å²) in [4.78, 5) is 11.8. The molecule has 3 nitrogen and oxygen atoms in total. The first kappa shape index (κ1) is 21.8. The molecule has 0 bridgehead atoms. The van der Waals surface area contributed by atoms with Gasteiger partial charge in [0.1, 0.15) is 0 Å². The minimum atomic E-state index is -0.109. The molecule has 0 aromatic rings. The highest BCUT2D eigenvalue weighted by Gasteiger charge is 2.25. The van der Waals surface area contributed by atoms with Crippen molar-refractivity contribution in [1.82, 2.24) is 5.32 Å². The van der Waals surface area contributed by atoms with Gasteiger partial charge in [0.05, 0.1) is 27.2 Å². The lowest BCUT2D eigenvalue weighted by molar-refractivity contribution is -0.890. The van der Waals surface area contributed by atoms with Gasteiger partial charge in [-0.25, -0.2) is 0 Å². The standard InChI is InChI=1S/C16H32N2O.ClH/c1-8-12-18(6,7)13-10-11-16(5,9-2)17-15(19)14(3)4;/h3,8-13H2,1-2,4-7H3;1H. The molecule has 1 amide bonds. The molecule has 0 saturated carbocycles. The molecule has 0 aliphatic heterocycles. The van der Waals surface area contributed by atoms with E-state index in [0.717, 1.165) is 30.3 Å². The van der Waals surface area contributed by atoms with E-state index in [1.165, 1.54) is 13.0 Å². The molecule has 0 fully saturated rings. The largest absolute Gasteiger partial charge is 1.00 e. The van der Waals surface area contributed by atoms with Crippen molar-refractivity contribution in [1.29, 1.82) is 0 Å². The highest BCUT2D eigenvalue weighted by Crippen LogP contribution is 2.18. The second-order valence-corrected chi connectivity index (χ2v) is 6.64. The number of carbonyl (C=O) groups is 1. The van der Waals surface area contributed by atoms with Gasteiger partial charge >= 0.3 is 0 Å². The zero-order valence-corrected chi connectivity index (χ0v) is 14.9. The van der Waals surface area contributed by atoms with Crippen LogP contribution in [0.4, 0.5) is 0 Å². The maximum atomic E-state index is 11.8. The lowest BCUT2D eigenvalue weighted by Gasteiger charge is -2.33. The van der Waals surface area contributed by atoms with E-state index < -0.39 is 0 Å². The van der Waals surface area contributed by atoms with E-state index in [1.54, 1.807) is 6.92 Å². The van der Waals surface area contributed by atoms with Crippen LogP contribution in [0.3, 0.4) is 0 Å². The van der Waals surface area contributed by atoms with E-state index in [-0.39, 0.29) is 23.9 Å². The molecule has 0 aromatic heterocycles. The normalized spacial score (nSPS) is 14.1. The van der Waals surface area contributed by atoms with Gasteiger partial charge in [-0.05, 0) is 39.5 Å². The van der Waals surface area contributed by atoms with Crippen molar-refractivity contribution in [2.75, 3.05) is 27.2 Å². The van der Waals surface area contributed by atoms with Gasteiger partial charge in [-0.1, -0.05) is 20.4 Å². The van der Waals surface area contributed by atoms with Gasteiger partial charge in [0, 0.05) is 11.1 Å². The van der Waals surface area contributed by atoms with Crippen molar-refractivity contribution < 1.29 is 21.7 Å². The van der Waals surface area contributed by atoms with Crippen LogP contribution in [0, 0.1) is 0 Å². The second kappa shape index (κ2) is 9.41. The molecule has 1 atom stereocenters. The van der Waals surface area contributed by atoms with Crippen LogP contribution in [-0.2, 0) is 4.79 Å². The Balaban J connectivity index is 0. The molecule has 0 radical (unpaired) electrons. The van der Waals surface area contributed by atoms with Crippen molar-refractivity contribution in [3.8, 4) is 0 Å². The van der Waals surface area contributed by atoms with E-state index in [4.69, 9.17) is 0 Å². The predicted molar refractivity (Wildman–Crippen MR) is 83.0 cm³/mol. The van der Waals surface area contributed by atoms with Gasteiger partial charge in [0.25, 0.3) is 0 Å². The van der Waals surface area contributed by atoms with Crippen LogP contribution in [0.2, 0.25) is 0 Å². The van der Waals surface area contributed by atoms with Crippen LogP contribution < -0.4 is 17.7 Å². The second-order valence-electron chi connectivity index (χ2n) is 6.64. The van der Waals surface area contributed by atoms with Crippen LogP contribution >= 0.6 is 0 Å². The summed E-state index contributed by atoms with van der Waals surface area (Å²) in [5, 5.41) is 3.12. The third-order valence-corrected chi connectivity index (χ3v) is 3.90. The number of rotatable bonds is 9. The smallest absolute Gasteiger partial charge is 0.246 e. The molecule has 0 heterocycles. The lowest BCUT2D eigenvalue weighted by Crippen LogP contribution is -3.00. The van der Waals surface area contributed by atoms with Crippen LogP contribution in [0.1, 0.15) is 53.4 Å². The molecule has 0 rings (SSSR count). The predicted octanol–water partition coefficient (Wildman–Crippen LogP) is 0.118. The number of nitrogens with zero attached hydrogens (tertiary/aromatic N) is 1. The summed E-state index contributed by atoms with van der Waals surface area (Å²) < 4.78 is 1.06. The van der Waals surface area contributed by atoms with E-state index in [9.17, 15) is 4.79 Å². The fourth-order valence-corrected chi connectivity index (χ4v) is 2.32. The zero-order valence-electron chi connectivity index (χ0n) is 14.2. The molecular formula is C16H33ClN2O. The summed E-state index contributed by atoms with van der Waals surface area (Å²) in [6, 6.07) is 0. The molecule has 1 N–H and O–H groups in total. The van der Waals surface area contributed by atoms with E-state index in [1.807, 2.05) is 0 Å². The van der Waals surface area contributed by atoms with E-state index >= 15 is 0 Å². The number of carbonyl (C=O) groups excluding carboxylic acids is 1. The number of amides is 1. The lowest BCUT2D eigenvalue weighted by atomic mass is 9.92. The van der Waals surface area contributed by atoms with Gasteiger partial charge in [0.2, 0.25) is 5.91 Å². The average molecular weight is 305 g/mol. The molecule has 120 valence electrons. The van der Waals surface area contributed by atoms with Gasteiger partial charge in [-0.2, -0.15) is 0 Å². The Morgan fingerprint density at radius 3 is 2.20 bits per heavy atom. The summed E-state index contributed by atoms with van der Waals surface area (Å²) in [7, 11) is 4.55. The van der Waals surface area contributed by atoms with Crippen LogP contribution in [-0.4, -0.2) is 43.1 Å². The Hall–Kier alpha value is -0.540. The maximum absolute atomic E-state index is 11.8. The average Bonchev–Trinajstić information content (AvgIpc) is 2.28. The summed E-state index contributed by atoms with van der Waals surface area (Å²) in [6.45, 7) is 14.3. The van der Waals surface area contributed by atoms with Crippen molar-refractivity contribution in [2.24, 2.45) is 0 Å². The Morgan fingerprint density at radius 2 is 1.80 bits per heavy atom. The van der Waals surface area contributed by atoms with Crippen molar-refractivity contribution in [3.63, 3.8) is 0 Å². The van der Waals surface area contributed by atoms with Gasteiger partial charge in [0.15, 0.2) is 0 Å². The highest BCUT2D eigenvalue weighted by molar-refractivity contribution is 5.92. The molecule has 0 aliphatic carbocycles. The van der Waals surface area contributed by atoms with Crippen LogP contribution in [0.25, 0.3) is 0 Å². The topological polar surface area (TPSA) is 29.1 Å². The monoisotopic (exact) mass is 304 g/mol. The van der Waals surface area contributed by atoms with Crippen molar-refractivity contribution >= 4 is 5.91 Å². The first-order valence-electron chi connectivity index (χ1n) is 7.46. The fraction of sp³-hybridized carbons (Fsp3) is 0.812. The van der Waals surface area contributed by atoms with E-state index in [2.05, 4.69) is 46.8 Å². The SMILES string of the molecule is C=C(C)C(=O)NC(C)(CC)CCC[N+](C)(C)CCC.[Cl-]. The minimum absolute atomic E-state index is 0. The van der Waals surface area contributed by atoms with Crippen LogP contribution in [0.15, 0.2) is 12.2 Å². The first-order chi connectivity index (χ1) is 8.66. The molecule has 0 spiro atoms. The first-order valence-corrected chi connectivity index (χ1v) is 7.46. The summed E-state index contributed by atoms with van der Waals surface area (Å²) in [5.74, 6) is -0.0216. The number of hydrogen-bond donors (Lipinski definition) is 1. The molecule has 4 heteroatoms. The number of halogens is 1. The van der Waals surface area contributed by atoms with Crippen molar-refractivity contribution in [3.05, 3.63) is 12.2 Å².